The Morgan fingerprint density at radius 1 is 1.27 bits per heavy atom. The summed E-state index contributed by atoms with van der Waals surface area (Å²) in [5, 5.41) is 3.42. The Morgan fingerprint density at radius 2 is 2.08 bits per heavy atom. The molecule has 0 saturated heterocycles. The van der Waals surface area contributed by atoms with Gasteiger partial charge in [0.1, 0.15) is 5.65 Å². The molecule has 0 saturated carbocycles. The summed E-state index contributed by atoms with van der Waals surface area (Å²) >= 11 is 13.3. The molecule has 0 bridgehead atoms. The molecule has 0 aliphatic heterocycles. The van der Waals surface area contributed by atoms with Crippen LogP contribution in [0.3, 0.4) is 0 Å². The van der Waals surface area contributed by atoms with Crippen LogP contribution < -0.4 is 10.9 Å². The van der Waals surface area contributed by atoms with Crippen LogP contribution in [0.2, 0.25) is 10.0 Å². The summed E-state index contributed by atoms with van der Waals surface area (Å²) in [5.41, 5.74) is 2.55. The summed E-state index contributed by atoms with van der Waals surface area (Å²) in [6.07, 6.45) is 1.75. The fourth-order valence-corrected chi connectivity index (χ4v) is 3.43. The highest BCUT2D eigenvalue weighted by Crippen LogP contribution is 2.29. The van der Waals surface area contributed by atoms with Gasteiger partial charge in [-0.05, 0) is 30.7 Å². The molecule has 0 aliphatic carbocycles. The largest absolute Gasteiger partial charge is 0.324 e. The predicted octanol–water partition coefficient (Wildman–Crippen LogP) is 4.18. The van der Waals surface area contributed by atoms with Gasteiger partial charge in [-0.15, -0.1) is 11.8 Å². The van der Waals surface area contributed by atoms with Gasteiger partial charge < -0.3 is 5.32 Å². The van der Waals surface area contributed by atoms with Gasteiger partial charge >= 0.3 is 0 Å². The average molecular weight is 408 g/mol. The third-order valence-corrected chi connectivity index (χ3v) is 5.35. The molecule has 3 rings (SSSR count). The zero-order valence-electron chi connectivity index (χ0n) is 13.8. The topological polar surface area (TPSA) is 63.5 Å². The predicted molar refractivity (Wildman–Crippen MR) is 107 cm³/mol. The summed E-state index contributed by atoms with van der Waals surface area (Å²) in [6, 6.07) is 10.3. The molecule has 0 fully saturated rings. The van der Waals surface area contributed by atoms with Gasteiger partial charge in [0.25, 0.3) is 5.56 Å². The van der Waals surface area contributed by atoms with E-state index in [1.165, 1.54) is 22.2 Å². The van der Waals surface area contributed by atoms with E-state index < -0.39 is 0 Å². The first-order valence-corrected chi connectivity index (χ1v) is 9.65. The number of amides is 1. The number of benzene rings is 1. The monoisotopic (exact) mass is 407 g/mol. The standard InChI is InChI=1S/C18H15Cl2N3O2S/c1-11-5-6-15-21-12(7-17(25)23(15)8-11)9-26-10-16(24)22-14-4-2-3-13(19)18(14)20/h2-8H,9-10H2,1H3,(H,22,24). The molecule has 134 valence electrons. The van der Waals surface area contributed by atoms with Crippen molar-refractivity contribution in [1.29, 1.82) is 0 Å². The molecule has 1 N–H and O–H groups in total. The van der Waals surface area contributed by atoms with Crippen molar-refractivity contribution >= 4 is 52.2 Å². The Kier molecular flexibility index (Phi) is 5.86. The van der Waals surface area contributed by atoms with E-state index in [1.807, 2.05) is 13.0 Å². The van der Waals surface area contributed by atoms with Gasteiger partial charge in [0.2, 0.25) is 5.91 Å². The third kappa shape index (κ3) is 4.38. The molecule has 5 nitrogen and oxygen atoms in total. The van der Waals surface area contributed by atoms with Crippen LogP contribution in [0.1, 0.15) is 11.3 Å². The van der Waals surface area contributed by atoms with Crippen LogP contribution in [0.25, 0.3) is 5.65 Å². The van der Waals surface area contributed by atoms with E-state index in [2.05, 4.69) is 10.3 Å². The number of fused-ring (bicyclic) bond motifs is 1. The molecular weight excluding hydrogens is 393 g/mol. The van der Waals surface area contributed by atoms with Gasteiger partial charge in [-0.3, -0.25) is 14.0 Å². The lowest BCUT2D eigenvalue weighted by Gasteiger charge is -2.08. The SMILES string of the molecule is Cc1ccc2nc(CSCC(=O)Nc3cccc(Cl)c3Cl)cc(=O)n2c1. The Hall–Kier alpha value is -2.02. The number of hydrogen-bond donors (Lipinski definition) is 1. The summed E-state index contributed by atoms with van der Waals surface area (Å²) in [6.45, 7) is 1.92. The van der Waals surface area contributed by atoms with Crippen LogP contribution in [-0.2, 0) is 10.5 Å². The van der Waals surface area contributed by atoms with Crippen LogP contribution in [0, 0.1) is 6.92 Å². The van der Waals surface area contributed by atoms with E-state index in [1.54, 1.807) is 30.5 Å². The number of rotatable bonds is 5. The van der Waals surface area contributed by atoms with Gasteiger partial charge in [-0.25, -0.2) is 4.98 Å². The maximum Gasteiger partial charge on any atom is 0.258 e. The highest BCUT2D eigenvalue weighted by atomic mass is 35.5. The first-order chi connectivity index (χ1) is 12.4. The summed E-state index contributed by atoms with van der Waals surface area (Å²) < 4.78 is 1.51. The number of anilines is 1. The minimum Gasteiger partial charge on any atom is -0.324 e. The van der Waals surface area contributed by atoms with Gasteiger partial charge in [-0.2, -0.15) is 0 Å². The molecular formula is C18H15Cl2N3O2S. The normalized spacial score (nSPS) is 10.9. The number of carbonyl (C=O) groups excluding carboxylic acids is 1. The first-order valence-electron chi connectivity index (χ1n) is 7.74. The summed E-state index contributed by atoms with van der Waals surface area (Å²) in [4.78, 5) is 28.7. The molecule has 26 heavy (non-hydrogen) atoms. The zero-order chi connectivity index (χ0) is 18.7. The van der Waals surface area contributed by atoms with Crippen molar-refractivity contribution in [2.24, 2.45) is 0 Å². The molecule has 1 amide bonds. The van der Waals surface area contributed by atoms with Crippen molar-refractivity contribution in [3.8, 4) is 0 Å². The van der Waals surface area contributed by atoms with Crippen molar-refractivity contribution in [3.63, 3.8) is 0 Å². The van der Waals surface area contributed by atoms with Gasteiger partial charge in [-0.1, -0.05) is 35.3 Å². The van der Waals surface area contributed by atoms with Crippen LogP contribution >= 0.6 is 35.0 Å². The quantitative estimate of drug-likeness (QED) is 0.688. The lowest BCUT2D eigenvalue weighted by molar-refractivity contribution is -0.113. The van der Waals surface area contributed by atoms with Crippen molar-refractivity contribution in [3.05, 3.63) is 74.3 Å². The van der Waals surface area contributed by atoms with E-state index in [9.17, 15) is 9.59 Å². The number of carbonyl (C=O) groups is 1. The number of pyridine rings is 1. The molecule has 8 heteroatoms. The fraction of sp³-hybridized carbons (Fsp3) is 0.167. The first kappa shape index (κ1) is 18.8. The minimum atomic E-state index is -0.202. The highest BCUT2D eigenvalue weighted by Gasteiger charge is 2.09. The smallest absolute Gasteiger partial charge is 0.258 e. The number of aromatic nitrogens is 2. The molecule has 0 spiro atoms. The van der Waals surface area contributed by atoms with Crippen LogP contribution in [-0.4, -0.2) is 21.0 Å². The van der Waals surface area contributed by atoms with E-state index in [0.29, 0.717) is 32.8 Å². The molecule has 0 atom stereocenters. The lowest BCUT2D eigenvalue weighted by Crippen LogP contribution is -2.16. The van der Waals surface area contributed by atoms with E-state index in [0.717, 1.165) is 5.56 Å². The average Bonchev–Trinajstić information content (AvgIpc) is 2.60. The van der Waals surface area contributed by atoms with Gasteiger partial charge in [0.05, 0.1) is 27.2 Å². The summed E-state index contributed by atoms with van der Waals surface area (Å²) in [5.74, 6) is 0.459. The molecule has 3 aromatic rings. The maximum absolute atomic E-state index is 12.2. The van der Waals surface area contributed by atoms with Crippen molar-refractivity contribution in [1.82, 2.24) is 9.38 Å². The Balaban J connectivity index is 1.62. The number of thioether (sulfide) groups is 1. The number of halogens is 2. The zero-order valence-corrected chi connectivity index (χ0v) is 16.2. The summed E-state index contributed by atoms with van der Waals surface area (Å²) in [7, 11) is 0. The molecule has 2 aromatic heterocycles. The number of nitrogens with one attached hydrogen (secondary N) is 1. The third-order valence-electron chi connectivity index (χ3n) is 3.57. The van der Waals surface area contributed by atoms with Gasteiger partial charge in [0, 0.05) is 18.0 Å². The van der Waals surface area contributed by atoms with Crippen LogP contribution in [0.5, 0.6) is 0 Å². The second kappa shape index (κ2) is 8.12. The van der Waals surface area contributed by atoms with Crippen molar-refractivity contribution in [2.45, 2.75) is 12.7 Å². The minimum absolute atomic E-state index is 0.135. The fourth-order valence-electron chi connectivity index (χ4n) is 2.37. The Morgan fingerprint density at radius 3 is 2.88 bits per heavy atom. The van der Waals surface area contributed by atoms with E-state index in [4.69, 9.17) is 23.2 Å². The molecule has 0 aliphatic rings. The number of nitrogens with zero attached hydrogens (tertiary/aromatic N) is 2. The van der Waals surface area contributed by atoms with Crippen LogP contribution in [0.15, 0.2) is 47.4 Å². The highest BCUT2D eigenvalue weighted by molar-refractivity contribution is 7.99. The molecule has 2 heterocycles. The number of hydrogen-bond acceptors (Lipinski definition) is 4. The van der Waals surface area contributed by atoms with E-state index in [-0.39, 0.29) is 17.2 Å². The van der Waals surface area contributed by atoms with Crippen molar-refractivity contribution in [2.75, 3.05) is 11.1 Å². The molecule has 0 radical (unpaired) electrons. The van der Waals surface area contributed by atoms with Crippen molar-refractivity contribution < 1.29 is 4.79 Å². The van der Waals surface area contributed by atoms with Gasteiger partial charge in [0.15, 0.2) is 0 Å². The van der Waals surface area contributed by atoms with Crippen LogP contribution in [0.4, 0.5) is 5.69 Å². The molecule has 1 aromatic carbocycles. The Bertz CT molecular complexity index is 1040. The second-order valence-electron chi connectivity index (χ2n) is 5.66. The Labute approximate surface area is 164 Å². The second-order valence-corrected chi connectivity index (χ2v) is 7.43. The van der Waals surface area contributed by atoms with E-state index >= 15 is 0 Å². The molecule has 0 unspecified atom stereocenters. The lowest BCUT2D eigenvalue weighted by atomic mass is 10.3. The maximum atomic E-state index is 12.2. The number of aryl methyl sites for hydroxylation is 1.